The van der Waals surface area contributed by atoms with Crippen molar-refractivity contribution in [3.05, 3.63) is 35.3 Å². The molecular weight excluding hydrogens is 289 g/mol. The van der Waals surface area contributed by atoms with Crippen molar-refractivity contribution in [2.75, 3.05) is 11.4 Å². The van der Waals surface area contributed by atoms with E-state index in [2.05, 4.69) is 10.2 Å². The average molecular weight is 298 g/mol. The van der Waals surface area contributed by atoms with E-state index in [1.807, 2.05) is 6.07 Å². The minimum Gasteiger partial charge on any atom is -0.315 e. The Balaban J connectivity index is 2.32. The molecule has 0 aliphatic heterocycles. The van der Waals surface area contributed by atoms with Gasteiger partial charge in [0.1, 0.15) is 0 Å². The lowest BCUT2D eigenvalue weighted by atomic mass is 10.3. The molecule has 0 amide bonds. The Morgan fingerprint density at radius 2 is 1.90 bits per heavy atom. The summed E-state index contributed by atoms with van der Waals surface area (Å²) >= 11 is 0.462. The second-order valence-electron chi connectivity index (χ2n) is 3.78. The second kappa shape index (κ2) is 5.88. The van der Waals surface area contributed by atoms with Crippen LogP contribution in [-0.2, 0) is 6.18 Å². The van der Waals surface area contributed by atoms with Crippen molar-refractivity contribution in [3.63, 3.8) is 0 Å². The molecule has 2 aromatic rings. The van der Waals surface area contributed by atoms with Gasteiger partial charge in [-0.1, -0.05) is 29.5 Å². The van der Waals surface area contributed by atoms with Gasteiger partial charge in [-0.25, -0.2) is 0 Å². The highest BCUT2D eigenvalue weighted by Gasteiger charge is 2.36. The van der Waals surface area contributed by atoms with Gasteiger partial charge in [0, 0.05) is 12.2 Å². The van der Waals surface area contributed by atoms with Gasteiger partial charge in [-0.3, -0.25) is 0 Å². The van der Waals surface area contributed by atoms with Crippen LogP contribution in [0.5, 0.6) is 0 Å². The van der Waals surface area contributed by atoms with Gasteiger partial charge in [0.05, 0.1) is 12.5 Å². The first-order chi connectivity index (χ1) is 9.52. The average Bonchev–Trinajstić information content (AvgIpc) is 2.90. The standard InChI is InChI=1S/C12H9F3N4S/c13-12(14,15)10-17-18-11(20-10)19(8-4-7-16)9-5-2-1-3-6-9/h1-3,5-6H,4,8H2. The Kier molecular flexibility index (Phi) is 4.20. The predicted octanol–water partition coefficient (Wildman–Crippen LogP) is 3.61. The lowest BCUT2D eigenvalue weighted by molar-refractivity contribution is -0.138. The van der Waals surface area contributed by atoms with Gasteiger partial charge in [-0.2, -0.15) is 18.4 Å². The summed E-state index contributed by atoms with van der Waals surface area (Å²) < 4.78 is 37.7. The molecule has 0 saturated heterocycles. The van der Waals surface area contributed by atoms with E-state index in [0.717, 1.165) is 0 Å². The number of para-hydroxylation sites is 1. The Morgan fingerprint density at radius 3 is 2.45 bits per heavy atom. The summed E-state index contributed by atoms with van der Waals surface area (Å²) in [5, 5.41) is 14.5. The summed E-state index contributed by atoms with van der Waals surface area (Å²) in [6, 6.07) is 10.8. The van der Waals surface area contributed by atoms with Crippen LogP contribution in [0.4, 0.5) is 24.0 Å². The highest BCUT2D eigenvalue weighted by atomic mass is 32.1. The predicted molar refractivity (Wildman–Crippen MR) is 68.6 cm³/mol. The molecule has 4 nitrogen and oxygen atoms in total. The summed E-state index contributed by atoms with van der Waals surface area (Å²) in [6.07, 6.45) is -4.33. The third-order valence-corrected chi connectivity index (χ3v) is 3.39. The second-order valence-corrected chi connectivity index (χ2v) is 4.74. The van der Waals surface area contributed by atoms with Crippen LogP contribution < -0.4 is 4.90 Å². The Hall–Kier alpha value is -2.14. The molecule has 1 heterocycles. The first-order valence-corrected chi connectivity index (χ1v) is 6.44. The van der Waals surface area contributed by atoms with Gasteiger partial charge in [0.2, 0.25) is 10.1 Å². The van der Waals surface area contributed by atoms with Crippen molar-refractivity contribution in [3.8, 4) is 6.07 Å². The van der Waals surface area contributed by atoms with Crippen LogP contribution in [0, 0.1) is 11.3 Å². The normalized spacial score (nSPS) is 11.1. The number of halogens is 3. The van der Waals surface area contributed by atoms with Crippen LogP contribution in [-0.4, -0.2) is 16.7 Å². The molecule has 0 unspecified atom stereocenters. The maximum Gasteiger partial charge on any atom is 0.445 e. The van der Waals surface area contributed by atoms with Crippen molar-refractivity contribution in [2.45, 2.75) is 12.6 Å². The summed E-state index contributed by atoms with van der Waals surface area (Å²) in [5.41, 5.74) is 0.674. The highest BCUT2D eigenvalue weighted by molar-refractivity contribution is 7.15. The Bertz CT molecular complexity index is 603. The summed E-state index contributed by atoms with van der Waals surface area (Å²) in [6.45, 7) is 0.257. The van der Waals surface area contributed by atoms with Crippen molar-refractivity contribution in [1.29, 1.82) is 5.26 Å². The number of benzene rings is 1. The molecular formula is C12H9F3N4S. The van der Waals surface area contributed by atoms with Crippen molar-refractivity contribution in [1.82, 2.24) is 10.2 Å². The van der Waals surface area contributed by atoms with Gasteiger partial charge in [0.25, 0.3) is 0 Å². The number of rotatable bonds is 4. The van der Waals surface area contributed by atoms with Crippen LogP contribution in [0.2, 0.25) is 0 Å². The molecule has 0 atom stereocenters. The van der Waals surface area contributed by atoms with E-state index in [-0.39, 0.29) is 18.1 Å². The number of alkyl halides is 3. The first-order valence-electron chi connectivity index (χ1n) is 5.62. The molecule has 0 spiro atoms. The Labute approximate surface area is 117 Å². The number of nitrogens with zero attached hydrogens (tertiary/aromatic N) is 4. The van der Waals surface area contributed by atoms with Crippen LogP contribution in [0.15, 0.2) is 30.3 Å². The lowest BCUT2D eigenvalue weighted by Gasteiger charge is -2.19. The monoisotopic (exact) mass is 298 g/mol. The van der Waals surface area contributed by atoms with E-state index < -0.39 is 11.2 Å². The molecule has 0 radical (unpaired) electrons. The van der Waals surface area contributed by atoms with E-state index in [9.17, 15) is 13.2 Å². The number of hydrogen-bond donors (Lipinski definition) is 0. The van der Waals surface area contributed by atoms with Crippen molar-refractivity contribution in [2.24, 2.45) is 0 Å². The molecule has 1 aromatic heterocycles. The van der Waals surface area contributed by atoms with E-state index in [0.29, 0.717) is 17.0 Å². The molecule has 20 heavy (non-hydrogen) atoms. The molecule has 0 aliphatic rings. The quantitative estimate of drug-likeness (QED) is 0.865. The maximum absolute atomic E-state index is 12.6. The zero-order valence-electron chi connectivity index (χ0n) is 10.1. The molecule has 1 aromatic carbocycles. The molecule has 0 N–H and O–H groups in total. The summed E-state index contributed by atoms with van der Waals surface area (Å²) in [5.74, 6) is 0. The number of anilines is 2. The summed E-state index contributed by atoms with van der Waals surface area (Å²) in [4.78, 5) is 1.55. The third kappa shape index (κ3) is 3.24. The fourth-order valence-electron chi connectivity index (χ4n) is 1.54. The third-order valence-electron chi connectivity index (χ3n) is 2.40. The lowest BCUT2D eigenvalue weighted by Crippen LogP contribution is -2.17. The number of hydrogen-bond acceptors (Lipinski definition) is 5. The molecule has 8 heteroatoms. The first kappa shape index (κ1) is 14.3. The largest absolute Gasteiger partial charge is 0.445 e. The van der Waals surface area contributed by atoms with Gasteiger partial charge in [-0.05, 0) is 12.1 Å². The fraction of sp³-hybridized carbons (Fsp3) is 0.250. The minimum absolute atomic E-state index is 0.124. The van der Waals surface area contributed by atoms with Crippen LogP contribution in [0.1, 0.15) is 11.4 Å². The molecule has 0 fully saturated rings. The summed E-state index contributed by atoms with van der Waals surface area (Å²) in [7, 11) is 0. The smallest absolute Gasteiger partial charge is 0.315 e. The topological polar surface area (TPSA) is 52.8 Å². The highest BCUT2D eigenvalue weighted by Crippen LogP contribution is 2.36. The van der Waals surface area contributed by atoms with Crippen LogP contribution in [0.3, 0.4) is 0 Å². The van der Waals surface area contributed by atoms with Gasteiger partial charge in [-0.15, -0.1) is 10.2 Å². The van der Waals surface area contributed by atoms with E-state index >= 15 is 0 Å². The van der Waals surface area contributed by atoms with Crippen LogP contribution in [0.25, 0.3) is 0 Å². The number of aromatic nitrogens is 2. The molecule has 0 bridgehead atoms. The van der Waals surface area contributed by atoms with Gasteiger partial charge < -0.3 is 4.90 Å². The van der Waals surface area contributed by atoms with Gasteiger partial charge in [0.15, 0.2) is 0 Å². The van der Waals surface area contributed by atoms with Crippen molar-refractivity contribution >= 4 is 22.2 Å². The molecule has 2 rings (SSSR count). The maximum atomic E-state index is 12.6. The molecule has 0 aliphatic carbocycles. The SMILES string of the molecule is N#CCCN(c1ccccc1)c1nnc(C(F)(F)F)s1. The van der Waals surface area contributed by atoms with Crippen LogP contribution >= 0.6 is 11.3 Å². The zero-order chi connectivity index (χ0) is 14.6. The van der Waals surface area contributed by atoms with Crippen molar-refractivity contribution < 1.29 is 13.2 Å². The van der Waals surface area contributed by atoms with E-state index in [1.165, 1.54) is 0 Å². The zero-order valence-corrected chi connectivity index (χ0v) is 10.9. The molecule has 0 saturated carbocycles. The van der Waals surface area contributed by atoms with Gasteiger partial charge >= 0.3 is 6.18 Å². The van der Waals surface area contributed by atoms with E-state index in [1.54, 1.807) is 35.2 Å². The van der Waals surface area contributed by atoms with E-state index in [4.69, 9.17) is 5.26 Å². The Morgan fingerprint density at radius 1 is 1.20 bits per heavy atom. The minimum atomic E-state index is -4.51. The fourth-order valence-corrected chi connectivity index (χ4v) is 2.30. The number of nitriles is 1. The molecule has 104 valence electrons.